The number of hydrogen-bond donors (Lipinski definition) is 4. The molecule has 0 saturated heterocycles. The highest BCUT2D eigenvalue weighted by Crippen LogP contribution is 2.21. The van der Waals surface area contributed by atoms with Crippen LogP contribution in [0.15, 0.2) is 21.7 Å². The summed E-state index contributed by atoms with van der Waals surface area (Å²) in [6.07, 6.45) is 0. The fraction of sp³-hybridized carbons (Fsp3) is 0.273. The number of aromatic nitrogens is 2. The largest absolute Gasteiger partial charge is 0.316 e. The van der Waals surface area contributed by atoms with Crippen LogP contribution in [0, 0.1) is 10.1 Å². The Morgan fingerprint density at radius 2 is 1.83 bits per heavy atom. The summed E-state index contributed by atoms with van der Waals surface area (Å²) in [6.45, 7) is -0.119. The first-order chi connectivity index (χ1) is 10.7. The Hall–Kier alpha value is -2.09. The van der Waals surface area contributed by atoms with E-state index in [-0.39, 0.29) is 52.4 Å². The second-order valence-electron chi connectivity index (χ2n) is 4.66. The molecule has 0 spiro atoms. The molecule has 0 saturated carbocycles. The second kappa shape index (κ2) is 7.65. The summed E-state index contributed by atoms with van der Waals surface area (Å²) in [5.74, 6) is -0.535. The third-order valence-electron chi connectivity index (χ3n) is 2.96. The molecule has 0 fully saturated rings. The smallest absolute Gasteiger partial charge is 0.314 e. The molecule has 0 radical (unpaired) electrons. The van der Waals surface area contributed by atoms with Crippen molar-refractivity contribution in [3.63, 3.8) is 0 Å². The maximum absolute atomic E-state index is 11.4. The van der Waals surface area contributed by atoms with Crippen molar-refractivity contribution in [2.45, 2.75) is 6.54 Å². The molecule has 2 rings (SSSR count). The summed E-state index contributed by atoms with van der Waals surface area (Å²) in [7, 11) is -4.13. The first kappa shape index (κ1) is 20.0. The SMILES string of the molecule is Br.O=c1[nH]c2cc([N+](=O)[O-])cc(CNCCS(=O)(=O)O)c2[nH]c1=O. The number of rotatable bonds is 6. The van der Waals surface area contributed by atoms with E-state index in [2.05, 4.69) is 15.3 Å². The number of nitro benzene ring substituents is 1. The number of nitrogens with one attached hydrogen (secondary N) is 3. The molecule has 0 aliphatic rings. The average molecular weight is 425 g/mol. The van der Waals surface area contributed by atoms with E-state index in [1.807, 2.05) is 0 Å². The fourth-order valence-corrected chi connectivity index (χ4v) is 2.35. The van der Waals surface area contributed by atoms with Crippen LogP contribution in [0.1, 0.15) is 5.56 Å². The van der Waals surface area contributed by atoms with Crippen molar-refractivity contribution >= 4 is 43.8 Å². The van der Waals surface area contributed by atoms with Gasteiger partial charge in [-0.1, -0.05) is 0 Å². The van der Waals surface area contributed by atoms with E-state index < -0.39 is 31.9 Å². The van der Waals surface area contributed by atoms with Gasteiger partial charge in [0.05, 0.1) is 21.7 Å². The molecule has 11 nitrogen and oxygen atoms in total. The standard InChI is InChI=1S/C11H12N4O7S.BrH/c16-10-11(17)14-9-6(5-12-1-2-23(20,21)22)3-7(15(18)19)4-8(9)13-10;/h3-4,12H,1-2,5H2,(H,13,16)(H,14,17)(H,20,21,22);1H. The zero-order chi connectivity index (χ0) is 17.2. The van der Waals surface area contributed by atoms with Gasteiger partial charge in [0.15, 0.2) is 0 Å². The van der Waals surface area contributed by atoms with Crippen LogP contribution in [-0.4, -0.2) is 40.2 Å². The van der Waals surface area contributed by atoms with E-state index >= 15 is 0 Å². The number of H-pyrrole nitrogens is 2. The molecule has 0 aliphatic heterocycles. The Bertz CT molecular complexity index is 982. The highest BCUT2D eigenvalue weighted by Gasteiger charge is 2.14. The van der Waals surface area contributed by atoms with Crippen molar-refractivity contribution in [3.05, 3.63) is 48.5 Å². The number of nitro groups is 1. The lowest BCUT2D eigenvalue weighted by Crippen LogP contribution is -2.29. The molecule has 1 heterocycles. The van der Waals surface area contributed by atoms with Gasteiger partial charge in [-0.3, -0.25) is 24.3 Å². The van der Waals surface area contributed by atoms with E-state index in [9.17, 15) is 28.1 Å². The predicted molar refractivity (Wildman–Crippen MR) is 90.3 cm³/mol. The lowest BCUT2D eigenvalue weighted by molar-refractivity contribution is -0.384. The van der Waals surface area contributed by atoms with Gasteiger partial charge < -0.3 is 15.3 Å². The third-order valence-corrected chi connectivity index (χ3v) is 3.68. The van der Waals surface area contributed by atoms with Crippen molar-refractivity contribution in [1.29, 1.82) is 0 Å². The number of benzene rings is 1. The van der Waals surface area contributed by atoms with Gasteiger partial charge in [-0.2, -0.15) is 8.42 Å². The number of halogens is 1. The summed E-state index contributed by atoms with van der Waals surface area (Å²) in [4.78, 5) is 37.5. The van der Waals surface area contributed by atoms with Gasteiger partial charge in [-0.25, -0.2) is 0 Å². The van der Waals surface area contributed by atoms with Crippen LogP contribution in [0.3, 0.4) is 0 Å². The molecule has 1 aromatic heterocycles. The second-order valence-corrected chi connectivity index (χ2v) is 6.23. The summed E-state index contributed by atoms with van der Waals surface area (Å²) in [5, 5.41) is 13.6. The molecule has 1 aromatic carbocycles. The zero-order valence-corrected chi connectivity index (χ0v) is 14.5. The van der Waals surface area contributed by atoms with Gasteiger partial charge in [-0.05, 0) is 5.56 Å². The van der Waals surface area contributed by atoms with Crippen molar-refractivity contribution in [2.75, 3.05) is 12.3 Å². The monoisotopic (exact) mass is 424 g/mol. The number of hydrogen-bond acceptors (Lipinski definition) is 7. The fourth-order valence-electron chi connectivity index (χ4n) is 1.95. The van der Waals surface area contributed by atoms with Crippen LogP contribution in [0.25, 0.3) is 11.0 Å². The van der Waals surface area contributed by atoms with Gasteiger partial charge in [0, 0.05) is 25.2 Å². The van der Waals surface area contributed by atoms with E-state index in [1.165, 1.54) is 6.07 Å². The molecular weight excluding hydrogens is 412 g/mol. The van der Waals surface area contributed by atoms with E-state index in [1.54, 1.807) is 0 Å². The molecular formula is C11H13BrN4O7S. The molecule has 24 heavy (non-hydrogen) atoms. The molecule has 0 bridgehead atoms. The van der Waals surface area contributed by atoms with Crippen LogP contribution >= 0.6 is 17.0 Å². The Morgan fingerprint density at radius 1 is 1.21 bits per heavy atom. The molecule has 0 atom stereocenters. The maximum Gasteiger partial charge on any atom is 0.314 e. The van der Waals surface area contributed by atoms with Gasteiger partial charge in [0.25, 0.3) is 15.8 Å². The third kappa shape index (κ3) is 4.95. The van der Waals surface area contributed by atoms with Gasteiger partial charge in [0.2, 0.25) is 0 Å². The number of aromatic amines is 2. The van der Waals surface area contributed by atoms with Crippen molar-refractivity contribution in [1.82, 2.24) is 15.3 Å². The lowest BCUT2D eigenvalue weighted by atomic mass is 10.1. The van der Waals surface area contributed by atoms with Gasteiger partial charge in [-0.15, -0.1) is 17.0 Å². The van der Waals surface area contributed by atoms with Crippen molar-refractivity contribution in [2.24, 2.45) is 0 Å². The number of fused-ring (bicyclic) bond motifs is 1. The average Bonchev–Trinajstić information content (AvgIpc) is 2.43. The van der Waals surface area contributed by atoms with E-state index in [4.69, 9.17) is 4.55 Å². The molecule has 13 heteroatoms. The molecule has 0 unspecified atom stereocenters. The highest BCUT2D eigenvalue weighted by atomic mass is 79.9. The first-order valence-corrected chi connectivity index (χ1v) is 7.88. The van der Waals surface area contributed by atoms with Crippen molar-refractivity contribution < 1.29 is 17.9 Å². The summed E-state index contributed by atoms with van der Waals surface area (Å²) >= 11 is 0. The van der Waals surface area contributed by atoms with Crippen LogP contribution in [0.5, 0.6) is 0 Å². The normalized spacial score (nSPS) is 11.2. The van der Waals surface area contributed by atoms with E-state index in [0.717, 1.165) is 6.07 Å². The van der Waals surface area contributed by atoms with Crippen LogP contribution < -0.4 is 16.4 Å². The Labute approximate surface area is 144 Å². The molecule has 132 valence electrons. The lowest BCUT2D eigenvalue weighted by Gasteiger charge is -2.07. The number of non-ortho nitro benzene ring substituents is 1. The number of nitrogens with zero attached hydrogens (tertiary/aromatic N) is 1. The van der Waals surface area contributed by atoms with Crippen LogP contribution in [0.2, 0.25) is 0 Å². The topological polar surface area (TPSA) is 175 Å². The quantitative estimate of drug-likeness (QED) is 0.160. The Kier molecular flexibility index (Phi) is 6.36. The van der Waals surface area contributed by atoms with E-state index in [0.29, 0.717) is 0 Å². The summed E-state index contributed by atoms with van der Waals surface area (Å²) < 4.78 is 29.9. The first-order valence-electron chi connectivity index (χ1n) is 6.27. The zero-order valence-electron chi connectivity index (χ0n) is 11.9. The maximum atomic E-state index is 11.4. The van der Waals surface area contributed by atoms with Crippen LogP contribution in [0.4, 0.5) is 5.69 Å². The van der Waals surface area contributed by atoms with Crippen molar-refractivity contribution in [3.8, 4) is 0 Å². The summed E-state index contributed by atoms with van der Waals surface area (Å²) in [5.41, 5.74) is -1.59. The minimum absolute atomic E-state index is 0. The molecule has 0 aliphatic carbocycles. The molecule has 2 aromatic rings. The Balaban J connectivity index is 0.00000288. The highest BCUT2D eigenvalue weighted by molar-refractivity contribution is 8.93. The predicted octanol–water partition coefficient (Wildman–Crippen LogP) is -0.320. The molecule has 0 amide bonds. The van der Waals surface area contributed by atoms with Gasteiger partial charge in [0.1, 0.15) is 0 Å². The minimum atomic E-state index is -4.13. The minimum Gasteiger partial charge on any atom is -0.316 e. The molecule has 4 N–H and O–H groups in total. The van der Waals surface area contributed by atoms with Gasteiger partial charge >= 0.3 is 11.1 Å². The van der Waals surface area contributed by atoms with Crippen LogP contribution in [-0.2, 0) is 16.7 Å². The Morgan fingerprint density at radius 3 is 2.42 bits per heavy atom. The summed E-state index contributed by atoms with van der Waals surface area (Å²) in [6, 6.07) is 2.30.